The number of piperidine rings is 1. The molecule has 11 heteroatoms. The molecule has 0 bridgehead atoms. The molecule has 204 valence electrons. The lowest BCUT2D eigenvalue weighted by atomic mass is 9.80. The first-order valence-electron chi connectivity index (χ1n) is 13.1. The van der Waals surface area contributed by atoms with Crippen LogP contribution in [0.3, 0.4) is 0 Å². The Hall–Kier alpha value is -1.85. The predicted octanol–water partition coefficient (Wildman–Crippen LogP) is 5.48. The lowest BCUT2D eigenvalue weighted by Crippen LogP contribution is -2.57. The Morgan fingerprint density at radius 1 is 1.22 bits per heavy atom. The Bertz CT molecular complexity index is 1100. The zero-order valence-electron chi connectivity index (χ0n) is 21.0. The van der Waals surface area contributed by atoms with Crippen LogP contribution in [0.4, 0.5) is 17.6 Å². The topological polar surface area (TPSA) is 59.4 Å². The monoisotopic (exact) mass is 542 g/mol. The van der Waals surface area contributed by atoms with Crippen molar-refractivity contribution in [1.82, 2.24) is 19.4 Å². The number of aromatic nitrogens is 2. The van der Waals surface area contributed by atoms with E-state index in [1.165, 1.54) is 10.5 Å². The van der Waals surface area contributed by atoms with Gasteiger partial charge in [0.2, 0.25) is 0 Å². The first kappa shape index (κ1) is 26.7. The van der Waals surface area contributed by atoms with Crippen molar-refractivity contribution in [3.63, 3.8) is 0 Å². The smallest absolute Gasteiger partial charge is 0.378 e. The van der Waals surface area contributed by atoms with Crippen LogP contribution in [0.5, 0.6) is 0 Å². The highest BCUT2D eigenvalue weighted by atomic mass is 32.2. The van der Waals surface area contributed by atoms with Crippen LogP contribution in [0.2, 0.25) is 0 Å². The zero-order chi connectivity index (χ0) is 26.2. The maximum absolute atomic E-state index is 14.8. The van der Waals surface area contributed by atoms with Crippen molar-refractivity contribution in [3.05, 3.63) is 30.0 Å². The van der Waals surface area contributed by atoms with E-state index in [0.29, 0.717) is 18.8 Å². The van der Waals surface area contributed by atoms with E-state index in [1.54, 1.807) is 0 Å². The molecule has 1 aliphatic heterocycles. The van der Waals surface area contributed by atoms with Crippen LogP contribution >= 0.6 is 11.9 Å². The lowest BCUT2D eigenvalue weighted by Gasteiger charge is -2.43. The van der Waals surface area contributed by atoms with Gasteiger partial charge in [-0.25, -0.2) is 4.39 Å². The minimum Gasteiger partial charge on any atom is -0.378 e. The Labute approximate surface area is 218 Å². The molecule has 2 aliphatic carbocycles. The molecule has 1 N–H and O–H groups in total. The van der Waals surface area contributed by atoms with Gasteiger partial charge in [0.05, 0.1) is 24.4 Å². The van der Waals surface area contributed by atoms with Gasteiger partial charge in [-0.1, -0.05) is 6.07 Å². The summed E-state index contributed by atoms with van der Waals surface area (Å²) in [5, 5.41) is 5.44. The van der Waals surface area contributed by atoms with Crippen LogP contribution in [-0.4, -0.2) is 63.6 Å². The predicted molar refractivity (Wildman–Crippen MR) is 135 cm³/mol. The molecule has 1 amide bonds. The minimum atomic E-state index is -4.40. The summed E-state index contributed by atoms with van der Waals surface area (Å²) in [6.07, 6.45) is 7.07. The molecule has 3 aliphatic rings. The van der Waals surface area contributed by atoms with Gasteiger partial charge in [-0.15, -0.1) is 0 Å². The first-order valence-corrected chi connectivity index (χ1v) is 13.9. The Morgan fingerprint density at radius 2 is 1.97 bits per heavy atom. The largest absolute Gasteiger partial charge is 0.456 e. The molecule has 1 aromatic carbocycles. The van der Waals surface area contributed by atoms with Crippen LogP contribution in [0.15, 0.2) is 24.4 Å². The molecular formula is C26H34F4N4O2S. The zero-order valence-corrected chi connectivity index (χ0v) is 21.8. The van der Waals surface area contributed by atoms with Gasteiger partial charge in [0.25, 0.3) is 5.91 Å². The molecule has 2 unspecified atom stereocenters. The molecule has 2 atom stereocenters. The van der Waals surface area contributed by atoms with E-state index in [9.17, 15) is 22.4 Å². The molecule has 1 aromatic heterocycles. The number of nitrogens with one attached hydrogen (secondary N) is 1. The highest BCUT2D eigenvalue weighted by Gasteiger charge is 2.48. The summed E-state index contributed by atoms with van der Waals surface area (Å²) < 4.78 is 63.9. The highest BCUT2D eigenvalue weighted by Crippen LogP contribution is 2.39. The van der Waals surface area contributed by atoms with E-state index in [4.69, 9.17) is 4.74 Å². The molecule has 5 rings (SSSR count). The number of likely N-dealkylation sites (tertiary alicyclic amines) is 1. The summed E-state index contributed by atoms with van der Waals surface area (Å²) in [5.74, 6) is -0.410. The number of hydrogen-bond acceptors (Lipinski definition) is 5. The van der Waals surface area contributed by atoms with Crippen molar-refractivity contribution in [2.75, 3.05) is 19.7 Å². The third kappa shape index (κ3) is 6.09. The average Bonchev–Trinajstić information content (AvgIpc) is 3.24. The highest BCUT2D eigenvalue weighted by molar-refractivity contribution is 7.98. The number of nitrogens with zero attached hydrogens (tertiary/aromatic N) is 3. The van der Waals surface area contributed by atoms with E-state index in [0.717, 1.165) is 36.6 Å². The first-order chi connectivity index (χ1) is 17.6. The van der Waals surface area contributed by atoms with Gasteiger partial charge in [-0.05, 0) is 75.0 Å². The Balaban J connectivity index is 1.16. The van der Waals surface area contributed by atoms with Gasteiger partial charge in [-0.2, -0.15) is 18.3 Å². The number of benzene rings is 1. The average molecular weight is 543 g/mol. The summed E-state index contributed by atoms with van der Waals surface area (Å²) in [4.78, 5) is 14.2. The van der Waals surface area contributed by atoms with E-state index < -0.39 is 23.1 Å². The summed E-state index contributed by atoms with van der Waals surface area (Å²) in [6.45, 7) is 0.709. The SMILES string of the molecule is Cn1ncc2cc(C3CCC(OCC4CN(C(=O)C5(F)CCC5)CCC4NSC(F)(F)F)CC3)ccc21. The van der Waals surface area contributed by atoms with Crippen molar-refractivity contribution in [1.29, 1.82) is 0 Å². The number of fused-ring (bicyclic) bond motifs is 1. The van der Waals surface area contributed by atoms with Crippen LogP contribution in [-0.2, 0) is 16.6 Å². The second-order valence-electron chi connectivity index (χ2n) is 10.8. The standard InChI is InChI=1S/C26H34F4N4O2S/c1-33-23-8-5-18(13-19(23)14-31-33)17-3-6-21(7-4-17)36-16-20-15-34(24(35)25(27)10-2-11-25)12-9-22(20)32-37-26(28,29)30/h5,8,13-14,17,20-22,32H,2-4,6-7,9-12,15-16H2,1H3. The quantitative estimate of drug-likeness (QED) is 0.371. The van der Waals surface area contributed by atoms with Crippen LogP contribution in [0.1, 0.15) is 62.8 Å². The van der Waals surface area contributed by atoms with Crippen molar-refractivity contribution in [3.8, 4) is 0 Å². The maximum Gasteiger partial charge on any atom is 0.456 e. The van der Waals surface area contributed by atoms with Gasteiger partial charge in [-0.3, -0.25) is 14.2 Å². The van der Waals surface area contributed by atoms with E-state index in [-0.39, 0.29) is 56.5 Å². The fraction of sp³-hybridized carbons (Fsp3) is 0.692. The molecule has 6 nitrogen and oxygen atoms in total. The molecular weight excluding hydrogens is 508 g/mol. The van der Waals surface area contributed by atoms with E-state index in [1.807, 2.05) is 17.9 Å². The number of alkyl halides is 4. The minimum absolute atomic E-state index is 0.0273. The van der Waals surface area contributed by atoms with Crippen LogP contribution < -0.4 is 4.72 Å². The van der Waals surface area contributed by atoms with Gasteiger partial charge in [0.1, 0.15) is 0 Å². The number of halogens is 4. The van der Waals surface area contributed by atoms with E-state index >= 15 is 0 Å². The van der Waals surface area contributed by atoms with Crippen molar-refractivity contribution >= 4 is 28.8 Å². The number of ether oxygens (including phenoxy) is 1. The van der Waals surface area contributed by atoms with Gasteiger partial charge in [0.15, 0.2) is 5.67 Å². The third-order valence-corrected chi connectivity index (χ3v) is 8.99. The van der Waals surface area contributed by atoms with Crippen LogP contribution in [0.25, 0.3) is 10.9 Å². The van der Waals surface area contributed by atoms with Crippen molar-refractivity contribution in [2.45, 2.75) is 80.6 Å². The summed E-state index contributed by atoms with van der Waals surface area (Å²) in [7, 11) is 1.93. The second-order valence-corrected chi connectivity index (χ2v) is 11.7. The van der Waals surface area contributed by atoms with E-state index in [2.05, 4.69) is 28.0 Å². The van der Waals surface area contributed by atoms with Gasteiger partial charge >= 0.3 is 5.51 Å². The molecule has 2 saturated carbocycles. The maximum atomic E-state index is 14.8. The molecule has 0 radical (unpaired) electrons. The van der Waals surface area contributed by atoms with Gasteiger partial charge < -0.3 is 9.64 Å². The third-order valence-electron chi connectivity index (χ3n) is 8.34. The van der Waals surface area contributed by atoms with Crippen LogP contribution in [0, 0.1) is 5.92 Å². The number of hydrogen-bond donors (Lipinski definition) is 1. The summed E-state index contributed by atoms with van der Waals surface area (Å²) in [6, 6.07) is 6.01. The number of carbonyl (C=O) groups excluding carboxylic acids is 1. The second kappa shape index (κ2) is 10.7. The number of amides is 1. The molecule has 3 fully saturated rings. The molecule has 1 saturated heterocycles. The summed E-state index contributed by atoms with van der Waals surface area (Å²) in [5.41, 5.74) is -3.80. The molecule has 2 heterocycles. The van der Waals surface area contributed by atoms with Gasteiger partial charge in [0, 0.05) is 49.4 Å². The lowest BCUT2D eigenvalue weighted by molar-refractivity contribution is -0.153. The Morgan fingerprint density at radius 3 is 2.65 bits per heavy atom. The normalized spacial score (nSPS) is 28.3. The number of carbonyl (C=O) groups is 1. The fourth-order valence-corrected chi connectivity index (χ4v) is 6.52. The number of aryl methyl sites for hydroxylation is 1. The number of rotatable bonds is 7. The van der Waals surface area contributed by atoms with Crippen molar-refractivity contribution < 1.29 is 27.1 Å². The molecule has 2 aromatic rings. The molecule has 0 spiro atoms. The Kier molecular flexibility index (Phi) is 7.75. The molecule has 37 heavy (non-hydrogen) atoms. The fourth-order valence-electron chi connectivity index (χ4n) is 5.93. The van der Waals surface area contributed by atoms with Crippen molar-refractivity contribution in [2.24, 2.45) is 13.0 Å². The summed E-state index contributed by atoms with van der Waals surface area (Å²) >= 11 is -0.253.